The average molecular weight is 548 g/mol. The molecule has 5 rings (SSSR count). The van der Waals surface area contributed by atoms with E-state index >= 15 is 0 Å². The van der Waals surface area contributed by atoms with Crippen LogP contribution in [0.25, 0.3) is 22.6 Å². The van der Waals surface area contributed by atoms with Gasteiger partial charge < -0.3 is 18.8 Å². The lowest BCUT2D eigenvalue weighted by atomic mass is 9.91. The predicted molar refractivity (Wildman–Crippen MR) is 155 cm³/mol. The molecule has 1 aromatic heterocycles. The molecule has 0 bridgehead atoms. The van der Waals surface area contributed by atoms with Crippen LogP contribution in [-0.4, -0.2) is 54.1 Å². The third-order valence-electron chi connectivity index (χ3n) is 7.97. The number of hydrogen-bond acceptors (Lipinski definition) is 6. The Hall–Kier alpha value is -2.81. The van der Waals surface area contributed by atoms with Crippen molar-refractivity contribution >= 4 is 14.0 Å². The molecule has 1 aliphatic carbocycles. The minimum absolute atomic E-state index is 0.0241. The summed E-state index contributed by atoms with van der Waals surface area (Å²) in [5.41, 5.74) is 4.12. The van der Waals surface area contributed by atoms with Gasteiger partial charge in [0, 0.05) is 27.2 Å². The number of benzene rings is 2. The fourth-order valence-electron chi connectivity index (χ4n) is 5.68. The number of hydrogen-bond donors (Lipinski definition) is 0. The summed E-state index contributed by atoms with van der Waals surface area (Å²) in [6.45, 7) is 16.2. The summed E-state index contributed by atoms with van der Waals surface area (Å²) in [4.78, 5) is 16.3. The van der Waals surface area contributed by atoms with Gasteiger partial charge in [-0.15, -0.1) is 10.2 Å². The minimum atomic E-state index is -1.16. The van der Waals surface area contributed by atoms with Crippen LogP contribution in [0.2, 0.25) is 25.7 Å². The van der Waals surface area contributed by atoms with E-state index in [1.54, 1.807) is 6.92 Å². The van der Waals surface area contributed by atoms with Crippen molar-refractivity contribution in [3.63, 3.8) is 0 Å². The Bertz CT molecular complexity index is 1320. The molecule has 1 fully saturated rings. The van der Waals surface area contributed by atoms with Crippen LogP contribution in [0, 0.1) is 12.8 Å². The van der Waals surface area contributed by atoms with Gasteiger partial charge in [-0.25, -0.2) is 0 Å². The lowest BCUT2D eigenvalue weighted by Crippen LogP contribution is -2.53. The number of carbonyl (C=O) groups is 1. The second-order valence-corrected chi connectivity index (χ2v) is 18.3. The van der Waals surface area contributed by atoms with Crippen LogP contribution >= 0.6 is 0 Å². The Balaban J connectivity index is 1.37. The first-order chi connectivity index (χ1) is 18.5. The Labute approximate surface area is 232 Å². The topological polar surface area (TPSA) is 77.7 Å². The zero-order valence-corrected chi connectivity index (χ0v) is 25.3. The smallest absolute Gasteiger partial charge is 0.255 e. The fourth-order valence-corrected chi connectivity index (χ4v) is 6.44. The Morgan fingerprint density at radius 2 is 1.77 bits per heavy atom. The highest BCUT2D eigenvalue weighted by atomic mass is 28.3. The van der Waals surface area contributed by atoms with Crippen molar-refractivity contribution in [2.75, 3.05) is 13.4 Å². The van der Waals surface area contributed by atoms with Crippen LogP contribution < -0.4 is 0 Å². The number of carbonyl (C=O) groups excluding carboxylic acids is 1. The van der Waals surface area contributed by atoms with E-state index in [-0.39, 0.29) is 24.8 Å². The summed E-state index contributed by atoms with van der Waals surface area (Å²) < 4.78 is 17.8. The second kappa shape index (κ2) is 10.6. The van der Waals surface area contributed by atoms with Gasteiger partial charge in [0.2, 0.25) is 11.8 Å². The van der Waals surface area contributed by atoms with Crippen LogP contribution in [0.3, 0.4) is 0 Å². The first-order valence-corrected chi connectivity index (χ1v) is 17.8. The van der Waals surface area contributed by atoms with Crippen LogP contribution in [0.4, 0.5) is 0 Å². The van der Waals surface area contributed by atoms with Gasteiger partial charge in [-0.2, -0.15) is 0 Å². The summed E-state index contributed by atoms with van der Waals surface area (Å²) in [7, 11) is -1.16. The van der Waals surface area contributed by atoms with E-state index in [4.69, 9.17) is 13.9 Å². The minimum Gasteiger partial charge on any atom is -0.421 e. The molecular formula is C31H41N3O4Si. The van der Waals surface area contributed by atoms with Crippen molar-refractivity contribution in [3.05, 3.63) is 59.5 Å². The van der Waals surface area contributed by atoms with E-state index in [1.165, 1.54) is 0 Å². The van der Waals surface area contributed by atoms with Gasteiger partial charge in [-0.3, -0.25) is 4.79 Å². The highest BCUT2D eigenvalue weighted by Gasteiger charge is 2.51. The molecule has 0 N–H and O–H groups in total. The van der Waals surface area contributed by atoms with Crippen molar-refractivity contribution in [3.8, 4) is 22.6 Å². The molecule has 2 aromatic carbocycles. The maximum absolute atomic E-state index is 14.2. The number of aryl methyl sites for hydroxylation is 1. The van der Waals surface area contributed by atoms with E-state index in [9.17, 15) is 4.79 Å². The summed E-state index contributed by atoms with van der Waals surface area (Å²) in [5, 5.41) is 8.05. The highest BCUT2D eigenvalue weighted by molar-refractivity contribution is 6.76. The van der Waals surface area contributed by atoms with E-state index < -0.39 is 13.7 Å². The third-order valence-corrected chi connectivity index (χ3v) is 9.68. The normalized spacial score (nSPS) is 18.5. The summed E-state index contributed by atoms with van der Waals surface area (Å²) in [6, 6.07) is 15.2. The molecule has 0 spiro atoms. The molecule has 1 aliphatic heterocycles. The Morgan fingerprint density at radius 1 is 1.08 bits per heavy atom. The van der Waals surface area contributed by atoms with E-state index in [0.29, 0.717) is 17.7 Å². The first-order valence-electron chi connectivity index (χ1n) is 14.0. The first kappa shape index (κ1) is 27.7. The molecule has 8 heteroatoms. The van der Waals surface area contributed by atoms with Gasteiger partial charge >= 0.3 is 0 Å². The van der Waals surface area contributed by atoms with E-state index in [2.05, 4.69) is 67.6 Å². The standard InChI is InChI=1S/C31H41N3O4Si/c1-20-25-9-8-10-26(22-11-15-24(16-12-22)29-33-32-21(2)38-29)27(25)30(35)34(20)28(23-13-14-23)31(3,4)37-19-36-17-18-39(5,6)7/h8-12,15-16,20,23,28H,13-14,17-19H2,1-7H3/t20-,28?/m0/s1. The van der Waals surface area contributed by atoms with Gasteiger partial charge in [0.05, 0.1) is 23.2 Å². The summed E-state index contributed by atoms with van der Waals surface area (Å²) in [6.07, 6.45) is 2.23. The molecule has 0 radical (unpaired) electrons. The molecule has 2 atom stereocenters. The number of nitrogens with zero attached hydrogens (tertiary/aromatic N) is 3. The fraction of sp³-hybridized carbons (Fsp3) is 0.516. The van der Waals surface area contributed by atoms with Gasteiger partial charge in [0.1, 0.15) is 6.79 Å². The molecule has 3 aromatic rings. The van der Waals surface area contributed by atoms with Crippen LogP contribution in [0.5, 0.6) is 0 Å². The number of ether oxygens (including phenoxy) is 2. The van der Waals surface area contributed by atoms with Crippen molar-refractivity contribution in [1.29, 1.82) is 0 Å². The maximum atomic E-state index is 14.2. The number of amides is 1. The zero-order chi connectivity index (χ0) is 27.9. The lowest BCUT2D eigenvalue weighted by molar-refractivity contribution is -0.155. The third kappa shape index (κ3) is 5.88. The largest absolute Gasteiger partial charge is 0.421 e. The monoisotopic (exact) mass is 547 g/mol. The van der Waals surface area contributed by atoms with Gasteiger partial charge in [0.25, 0.3) is 5.91 Å². The molecule has 208 valence electrons. The highest BCUT2D eigenvalue weighted by Crippen LogP contribution is 2.48. The number of fused-ring (bicyclic) bond motifs is 1. The number of aromatic nitrogens is 2. The Morgan fingerprint density at radius 3 is 2.38 bits per heavy atom. The van der Waals surface area contributed by atoms with Gasteiger partial charge in [-0.1, -0.05) is 50.0 Å². The van der Waals surface area contributed by atoms with Crippen LogP contribution in [-0.2, 0) is 9.47 Å². The van der Waals surface area contributed by atoms with Crippen molar-refractivity contribution in [2.24, 2.45) is 5.92 Å². The van der Waals surface area contributed by atoms with E-state index in [1.807, 2.05) is 30.3 Å². The zero-order valence-electron chi connectivity index (χ0n) is 24.3. The summed E-state index contributed by atoms with van der Waals surface area (Å²) >= 11 is 0. The SMILES string of the molecule is Cc1nnc(-c2ccc(-c3cccc4c3C(=O)N(C(C3CC3)C(C)(C)OCOCC[Si](C)(C)C)[C@H]4C)cc2)o1. The molecule has 2 aliphatic rings. The second-order valence-electron chi connectivity index (χ2n) is 12.7. The molecule has 2 heterocycles. The maximum Gasteiger partial charge on any atom is 0.255 e. The molecule has 7 nitrogen and oxygen atoms in total. The lowest BCUT2D eigenvalue weighted by Gasteiger charge is -2.42. The van der Waals surface area contributed by atoms with E-state index in [0.717, 1.165) is 53.3 Å². The molecule has 39 heavy (non-hydrogen) atoms. The molecule has 0 saturated heterocycles. The molecule has 1 saturated carbocycles. The van der Waals surface area contributed by atoms with Gasteiger partial charge in [-0.05, 0) is 74.4 Å². The molecular weight excluding hydrogens is 506 g/mol. The predicted octanol–water partition coefficient (Wildman–Crippen LogP) is 7.11. The molecule has 1 unspecified atom stereocenters. The average Bonchev–Trinajstić information content (AvgIpc) is 3.57. The quantitative estimate of drug-likeness (QED) is 0.145. The summed E-state index contributed by atoms with van der Waals surface area (Å²) in [5.74, 6) is 1.54. The van der Waals surface area contributed by atoms with Crippen LogP contribution in [0.15, 0.2) is 46.9 Å². The van der Waals surface area contributed by atoms with Crippen molar-refractivity contribution in [2.45, 2.75) is 83.9 Å². The van der Waals surface area contributed by atoms with Crippen molar-refractivity contribution in [1.82, 2.24) is 15.1 Å². The van der Waals surface area contributed by atoms with Gasteiger partial charge in [0.15, 0.2) is 0 Å². The molecule has 1 amide bonds. The van der Waals surface area contributed by atoms with Crippen molar-refractivity contribution < 1.29 is 18.7 Å². The Kier molecular flexibility index (Phi) is 7.56. The van der Waals surface area contributed by atoms with Crippen LogP contribution in [0.1, 0.15) is 61.5 Å². The number of rotatable bonds is 11.